The molecule has 17 heavy (non-hydrogen) atoms. The summed E-state index contributed by atoms with van der Waals surface area (Å²) in [6.07, 6.45) is 0. The van der Waals surface area contributed by atoms with Crippen molar-refractivity contribution < 1.29 is 8.42 Å². The zero-order chi connectivity index (χ0) is 13.3. The van der Waals surface area contributed by atoms with E-state index in [1.807, 2.05) is 6.92 Å². The van der Waals surface area contributed by atoms with Crippen molar-refractivity contribution in [2.24, 2.45) is 0 Å². The van der Waals surface area contributed by atoms with Crippen molar-refractivity contribution >= 4 is 69.1 Å². The Balaban J connectivity index is 3.09. The maximum atomic E-state index is 12.2. The summed E-state index contributed by atoms with van der Waals surface area (Å²) in [6.45, 7) is 3.63. The first-order valence-corrected chi connectivity index (χ1v) is 9.99. The summed E-state index contributed by atoms with van der Waals surface area (Å²) in [6, 6.07) is 1.63. The number of hydrogen-bond acceptors (Lipinski definition) is 3. The van der Waals surface area contributed by atoms with Crippen LogP contribution in [0.4, 0.5) is 0 Å². The Hall–Kier alpha value is 1.05. The van der Waals surface area contributed by atoms with Crippen molar-refractivity contribution in [3.8, 4) is 0 Å². The first-order chi connectivity index (χ1) is 7.74. The van der Waals surface area contributed by atoms with Crippen LogP contribution in [0, 0.1) is 6.92 Å². The molecular weight excluding hydrogens is 458 g/mol. The van der Waals surface area contributed by atoms with E-state index in [0.717, 1.165) is 8.66 Å². The van der Waals surface area contributed by atoms with Gasteiger partial charge in [-0.05, 0) is 35.8 Å². The van der Waals surface area contributed by atoms with Crippen LogP contribution in [0.3, 0.4) is 0 Å². The molecule has 98 valence electrons. The van der Waals surface area contributed by atoms with E-state index >= 15 is 0 Å². The van der Waals surface area contributed by atoms with Gasteiger partial charge in [-0.2, -0.15) is 0 Å². The molecule has 0 aromatic carbocycles. The van der Waals surface area contributed by atoms with E-state index in [9.17, 15) is 8.42 Å². The van der Waals surface area contributed by atoms with Crippen molar-refractivity contribution in [2.75, 3.05) is 10.7 Å². The second kappa shape index (κ2) is 6.00. The van der Waals surface area contributed by atoms with E-state index in [1.165, 1.54) is 11.3 Å². The monoisotopic (exact) mass is 467 g/mol. The largest absolute Gasteiger partial charge is 0.242 e. The molecule has 1 N–H and O–H groups in total. The lowest BCUT2D eigenvalue weighted by atomic mass is 10.1. The van der Waals surface area contributed by atoms with Gasteiger partial charge in [0.1, 0.15) is 0 Å². The van der Waals surface area contributed by atoms with Gasteiger partial charge in [0, 0.05) is 21.1 Å². The van der Waals surface area contributed by atoms with Crippen LogP contribution >= 0.6 is 59.1 Å². The van der Waals surface area contributed by atoms with Crippen molar-refractivity contribution in [3.63, 3.8) is 0 Å². The lowest BCUT2D eigenvalue weighted by molar-refractivity contribution is 0.509. The van der Waals surface area contributed by atoms with Crippen LogP contribution in [0.15, 0.2) is 14.7 Å². The van der Waals surface area contributed by atoms with Gasteiger partial charge in [0.2, 0.25) is 10.0 Å². The zero-order valence-corrected chi connectivity index (χ0v) is 15.6. The van der Waals surface area contributed by atoms with Gasteiger partial charge in [-0.15, -0.1) is 11.3 Å². The molecule has 0 saturated carbocycles. The van der Waals surface area contributed by atoms with Crippen molar-refractivity contribution in [2.45, 2.75) is 24.3 Å². The van der Waals surface area contributed by atoms with E-state index in [1.54, 1.807) is 13.0 Å². The minimum atomic E-state index is -3.48. The third kappa shape index (κ3) is 4.01. The molecule has 0 saturated heterocycles. The highest BCUT2D eigenvalue weighted by Crippen LogP contribution is 2.30. The van der Waals surface area contributed by atoms with Gasteiger partial charge in [-0.25, -0.2) is 13.1 Å². The first-order valence-electron chi connectivity index (χ1n) is 4.66. The highest BCUT2D eigenvalue weighted by molar-refractivity contribution is 9.11. The van der Waals surface area contributed by atoms with E-state index in [2.05, 4.69) is 52.5 Å². The average Bonchev–Trinajstić information content (AvgIpc) is 2.58. The third-order valence-electron chi connectivity index (χ3n) is 2.10. The lowest BCUT2D eigenvalue weighted by Crippen LogP contribution is -2.48. The summed E-state index contributed by atoms with van der Waals surface area (Å²) in [4.78, 5) is 1.11. The predicted molar refractivity (Wildman–Crippen MR) is 83.1 cm³/mol. The molecule has 1 heterocycles. The van der Waals surface area contributed by atoms with Crippen molar-refractivity contribution in [3.05, 3.63) is 14.7 Å². The number of thiophene rings is 1. The van der Waals surface area contributed by atoms with Crippen LogP contribution in [-0.2, 0) is 10.0 Å². The van der Waals surface area contributed by atoms with Crippen LogP contribution < -0.4 is 4.72 Å². The van der Waals surface area contributed by atoms with E-state index in [0.29, 0.717) is 15.6 Å². The Morgan fingerprint density at radius 1 is 1.41 bits per heavy atom. The van der Waals surface area contributed by atoms with E-state index in [4.69, 9.17) is 0 Å². The standard InChI is InChI=1S/C9H12Br3NO2S2/c1-6-7(3-8(12)16-6)17(14,15)13-9(2,4-10)5-11/h3,13H,4-5H2,1-2H3. The molecule has 0 aliphatic carbocycles. The molecule has 0 unspecified atom stereocenters. The molecule has 0 bridgehead atoms. The molecule has 1 rings (SSSR count). The molecule has 0 atom stereocenters. The van der Waals surface area contributed by atoms with Gasteiger partial charge >= 0.3 is 0 Å². The lowest BCUT2D eigenvalue weighted by Gasteiger charge is -2.25. The topological polar surface area (TPSA) is 46.2 Å². The summed E-state index contributed by atoms with van der Waals surface area (Å²) < 4.78 is 28.0. The maximum absolute atomic E-state index is 12.2. The maximum Gasteiger partial charge on any atom is 0.242 e. The molecular formula is C9H12Br3NO2S2. The molecule has 0 fully saturated rings. The van der Waals surface area contributed by atoms with Gasteiger partial charge in [-0.3, -0.25) is 0 Å². The van der Waals surface area contributed by atoms with Crippen LogP contribution in [0.25, 0.3) is 0 Å². The molecule has 3 nitrogen and oxygen atoms in total. The summed E-state index contributed by atoms with van der Waals surface area (Å²) in [7, 11) is -3.48. The average molecular weight is 470 g/mol. The Kier molecular flexibility index (Phi) is 5.69. The summed E-state index contributed by atoms with van der Waals surface area (Å²) in [5, 5.41) is 1.07. The molecule has 0 aliphatic heterocycles. The summed E-state index contributed by atoms with van der Waals surface area (Å²) >= 11 is 11.3. The normalized spacial score (nSPS) is 13.0. The summed E-state index contributed by atoms with van der Waals surface area (Å²) in [5.41, 5.74) is -0.542. The fraction of sp³-hybridized carbons (Fsp3) is 0.556. The SMILES string of the molecule is Cc1sc(Br)cc1S(=O)(=O)NC(C)(CBr)CBr. The highest BCUT2D eigenvalue weighted by Gasteiger charge is 2.30. The Morgan fingerprint density at radius 2 is 1.94 bits per heavy atom. The van der Waals surface area contributed by atoms with Gasteiger partial charge in [0.15, 0.2) is 0 Å². The Bertz CT molecular complexity index is 494. The molecule has 0 spiro atoms. The second-order valence-corrected chi connectivity index (χ2v) is 9.31. The quantitative estimate of drug-likeness (QED) is 0.669. The smallest absolute Gasteiger partial charge is 0.207 e. The number of halogens is 3. The predicted octanol–water partition coefficient (Wildman–Crippen LogP) is 3.65. The third-order valence-corrected chi connectivity index (χ3v) is 8.02. The number of alkyl halides is 2. The van der Waals surface area contributed by atoms with Gasteiger partial charge < -0.3 is 0 Å². The van der Waals surface area contributed by atoms with Gasteiger partial charge in [0.25, 0.3) is 0 Å². The minimum Gasteiger partial charge on any atom is -0.207 e. The van der Waals surface area contributed by atoms with Crippen molar-refractivity contribution in [1.29, 1.82) is 0 Å². The molecule has 0 aliphatic rings. The molecule has 8 heteroatoms. The minimum absolute atomic E-state index is 0.336. The first kappa shape index (κ1) is 16.1. The number of hydrogen-bond donors (Lipinski definition) is 1. The number of aryl methyl sites for hydroxylation is 1. The van der Waals surface area contributed by atoms with Gasteiger partial charge in [-0.1, -0.05) is 31.9 Å². The number of rotatable bonds is 5. The fourth-order valence-electron chi connectivity index (χ4n) is 1.17. The van der Waals surface area contributed by atoms with Crippen LogP contribution in [0.1, 0.15) is 11.8 Å². The van der Waals surface area contributed by atoms with E-state index < -0.39 is 15.6 Å². The van der Waals surface area contributed by atoms with Gasteiger partial charge in [0.05, 0.1) is 8.68 Å². The number of sulfonamides is 1. The highest BCUT2D eigenvalue weighted by atomic mass is 79.9. The second-order valence-electron chi connectivity index (χ2n) is 3.90. The van der Waals surface area contributed by atoms with Crippen LogP contribution in [-0.4, -0.2) is 24.6 Å². The zero-order valence-electron chi connectivity index (χ0n) is 9.26. The van der Waals surface area contributed by atoms with E-state index in [-0.39, 0.29) is 0 Å². The Labute approximate surface area is 131 Å². The van der Waals surface area contributed by atoms with Crippen LogP contribution in [0.5, 0.6) is 0 Å². The Morgan fingerprint density at radius 3 is 2.29 bits per heavy atom. The molecule has 0 radical (unpaired) electrons. The number of nitrogens with one attached hydrogen (secondary N) is 1. The fourth-order valence-corrected chi connectivity index (χ4v) is 6.57. The summed E-state index contributed by atoms with van der Waals surface area (Å²) in [5.74, 6) is 0. The molecule has 0 amide bonds. The molecule has 1 aromatic rings. The van der Waals surface area contributed by atoms with Crippen molar-refractivity contribution in [1.82, 2.24) is 4.72 Å². The van der Waals surface area contributed by atoms with Crippen LogP contribution in [0.2, 0.25) is 0 Å². The molecule has 1 aromatic heterocycles.